The van der Waals surface area contributed by atoms with Gasteiger partial charge in [0, 0.05) is 11.9 Å². The quantitative estimate of drug-likeness (QED) is 0.828. The molecule has 4 heteroatoms. The molecule has 0 bridgehead atoms. The van der Waals surface area contributed by atoms with Crippen molar-refractivity contribution in [2.24, 2.45) is 5.92 Å². The minimum Gasteiger partial charge on any atom is -0.348 e. The number of alkyl halides is 1. The smallest absolute Gasteiger partial charge is 0.261 e. The molecule has 1 amide bonds. The van der Waals surface area contributed by atoms with Gasteiger partial charge in [-0.05, 0) is 30.2 Å². The minimum atomic E-state index is 0.0528. The molecule has 2 rings (SSSR count). The van der Waals surface area contributed by atoms with E-state index in [0.717, 1.165) is 17.7 Å². The van der Waals surface area contributed by atoms with Gasteiger partial charge in [-0.3, -0.25) is 4.79 Å². The molecule has 2 atom stereocenters. The van der Waals surface area contributed by atoms with Crippen molar-refractivity contribution in [3.63, 3.8) is 0 Å². The number of halogens is 1. The van der Waals surface area contributed by atoms with Gasteiger partial charge in [0.1, 0.15) is 0 Å². The maximum atomic E-state index is 11.9. The van der Waals surface area contributed by atoms with Crippen molar-refractivity contribution in [3.8, 4) is 0 Å². The third kappa shape index (κ3) is 2.77. The van der Waals surface area contributed by atoms with Gasteiger partial charge >= 0.3 is 0 Å². The zero-order chi connectivity index (χ0) is 11.4. The maximum absolute atomic E-state index is 11.9. The van der Waals surface area contributed by atoms with Gasteiger partial charge in [-0.15, -0.1) is 22.9 Å². The molecule has 1 fully saturated rings. The molecule has 1 aromatic heterocycles. The summed E-state index contributed by atoms with van der Waals surface area (Å²) in [5.41, 5.74) is 0. The fourth-order valence-corrected chi connectivity index (χ4v) is 3.23. The Labute approximate surface area is 105 Å². The topological polar surface area (TPSA) is 29.1 Å². The van der Waals surface area contributed by atoms with Crippen molar-refractivity contribution in [1.29, 1.82) is 0 Å². The molecule has 0 spiro atoms. The molecule has 88 valence electrons. The minimum absolute atomic E-state index is 0.0528. The van der Waals surface area contributed by atoms with Crippen molar-refractivity contribution in [2.45, 2.75) is 31.7 Å². The highest BCUT2D eigenvalue weighted by molar-refractivity contribution is 7.12. The first kappa shape index (κ1) is 11.9. The van der Waals surface area contributed by atoms with Crippen molar-refractivity contribution in [2.75, 3.05) is 5.88 Å². The molecular weight excluding hydrogens is 242 g/mol. The second-order valence-electron chi connectivity index (χ2n) is 4.26. The summed E-state index contributed by atoms with van der Waals surface area (Å²) in [6.45, 7) is 0. The molecule has 2 nitrogen and oxygen atoms in total. The summed E-state index contributed by atoms with van der Waals surface area (Å²) in [6, 6.07) is 4.03. The van der Waals surface area contributed by atoms with E-state index in [9.17, 15) is 4.79 Å². The molecule has 16 heavy (non-hydrogen) atoms. The summed E-state index contributed by atoms with van der Waals surface area (Å²) < 4.78 is 0. The Kier molecular flexibility index (Phi) is 4.24. The van der Waals surface area contributed by atoms with Crippen LogP contribution in [0.5, 0.6) is 0 Å². The van der Waals surface area contributed by atoms with E-state index in [1.807, 2.05) is 17.5 Å². The summed E-state index contributed by atoms with van der Waals surface area (Å²) in [5.74, 6) is 1.14. The molecule has 0 saturated heterocycles. The molecule has 1 heterocycles. The summed E-state index contributed by atoms with van der Waals surface area (Å²) in [5, 5.41) is 5.03. The van der Waals surface area contributed by atoms with E-state index in [2.05, 4.69) is 5.32 Å². The number of hydrogen-bond donors (Lipinski definition) is 1. The first-order chi connectivity index (χ1) is 7.81. The van der Waals surface area contributed by atoms with Crippen LogP contribution >= 0.6 is 22.9 Å². The van der Waals surface area contributed by atoms with Crippen molar-refractivity contribution < 1.29 is 4.79 Å². The van der Waals surface area contributed by atoms with Crippen molar-refractivity contribution in [1.82, 2.24) is 5.32 Å². The summed E-state index contributed by atoms with van der Waals surface area (Å²) in [7, 11) is 0. The second kappa shape index (κ2) is 5.69. The lowest BCUT2D eigenvalue weighted by atomic mass is 9.86. The van der Waals surface area contributed by atoms with Crippen LogP contribution < -0.4 is 5.32 Å². The summed E-state index contributed by atoms with van der Waals surface area (Å²) in [6.07, 6.45) is 4.64. The van der Waals surface area contributed by atoms with Crippen LogP contribution in [0.2, 0.25) is 0 Å². The van der Waals surface area contributed by atoms with Crippen LogP contribution in [-0.4, -0.2) is 17.8 Å². The molecule has 2 unspecified atom stereocenters. The molecule has 0 aliphatic heterocycles. The number of rotatable bonds is 3. The Balaban J connectivity index is 1.95. The van der Waals surface area contributed by atoms with Crippen LogP contribution in [0.15, 0.2) is 17.5 Å². The molecule has 1 aliphatic rings. The molecular formula is C12H16ClNOS. The Morgan fingerprint density at radius 2 is 2.31 bits per heavy atom. The lowest BCUT2D eigenvalue weighted by molar-refractivity contribution is 0.0915. The Morgan fingerprint density at radius 3 is 3.00 bits per heavy atom. The number of carbonyl (C=O) groups is 1. The van der Waals surface area contributed by atoms with E-state index in [1.54, 1.807) is 0 Å². The highest BCUT2D eigenvalue weighted by Crippen LogP contribution is 2.25. The molecule has 1 N–H and O–H groups in total. The third-order valence-electron chi connectivity index (χ3n) is 3.17. The third-order valence-corrected chi connectivity index (χ3v) is 4.43. The monoisotopic (exact) mass is 257 g/mol. The SMILES string of the molecule is O=C(NC1CCCCC1CCl)c1cccs1. The molecule has 0 aromatic carbocycles. The van der Waals surface area contributed by atoms with E-state index in [4.69, 9.17) is 11.6 Å². The highest BCUT2D eigenvalue weighted by atomic mass is 35.5. The number of amides is 1. The molecule has 1 aromatic rings. The predicted molar refractivity (Wildman–Crippen MR) is 68.3 cm³/mol. The van der Waals surface area contributed by atoms with Gasteiger partial charge in [0.2, 0.25) is 0 Å². The second-order valence-corrected chi connectivity index (χ2v) is 5.51. The van der Waals surface area contributed by atoms with Crippen LogP contribution in [0.4, 0.5) is 0 Å². The summed E-state index contributed by atoms with van der Waals surface area (Å²) in [4.78, 5) is 12.7. The Hall–Kier alpha value is -0.540. The van der Waals surface area contributed by atoms with Crippen LogP contribution in [0.1, 0.15) is 35.4 Å². The normalized spacial score (nSPS) is 25.3. The Bertz CT molecular complexity index is 339. The average Bonchev–Trinajstić information content (AvgIpc) is 2.83. The van der Waals surface area contributed by atoms with Gasteiger partial charge in [-0.1, -0.05) is 18.9 Å². The van der Waals surface area contributed by atoms with E-state index in [1.165, 1.54) is 24.2 Å². The first-order valence-electron chi connectivity index (χ1n) is 5.71. The standard InChI is InChI=1S/C12H16ClNOS/c13-8-9-4-1-2-5-10(9)14-12(15)11-6-3-7-16-11/h3,6-7,9-10H,1-2,4-5,8H2,(H,14,15). The number of nitrogens with one attached hydrogen (secondary N) is 1. The van der Waals surface area contributed by atoms with E-state index in [0.29, 0.717) is 11.8 Å². The fraction of sp³-hybridized carbons (Fsp3) is 0.583. The first-order valence-corrected chi connectivity index (χ1v) is 7.13. The van der Waals surface area contributed by atoms with Gasteiger partial charge in [0.05, 0.1) is 4.88 Å². The van der Waals surface area contributed by atoms with Gasteiger partial charge in [0.25, 0.3) is 5.91 Å². The van der Waals surface area contributed by atoms with Gasteiger partial charge < -0.3 is 5.32 Å². The molecule has 1 aliphatic carbocycles. The predicted octanol–water partition coefficient (Wildman–Crippen LogP) is 3.28. The fourth-order valence-electron chi connectivity index (χ4n) is 2.23. The zero-order valence-corrected chi connectivity index (χ0v) is 10.7. The van der Waals surface area contributed by atoms with E-state index in [-0.39, 0.29) is 11.9 Å². The largest absolute Gasteiger partial charge is 0.348 e. The van der Waals surface area contributed by atoms with Crippen LogP contribution in [0.3, 0.4) is 0 Å². The van der Waals surface area contributed by atoms with E-state index < -0.39 is 0 Å². The lowest BCUT2D eigenvalue weighted by Crippen LogP contribution is -2.42. The van der Waals surface area contributed by atoms with Crippen LogP contribution in [0, 0.1) is 5.92 Å². The van der Waals surface area contributed by atoms with Crippen molar-refractivity contribution in [3.05, 3.63) is 22.4 Å². The maximum Gasteiger partial charge on any atom is 0.261 e. The number of hydrogen-bond acceptors (Lipinski definition) is 2. The average molecular weight is 258 g/mol. The zero-order valence-electron chi connectivity index (χ0n) is 9.12. The number of carbonyl (C=O) groups excluding carboxylic acids is 1. The Morgan fingerprint density at radius 1 is 1.50 bits per heavy atom. The molecule has 1 saturated carbocycles. The van der Waals surface area contributed by atoms with Crippen LogP contribution in [-0.2, 0) is 0 Å². The molecule has 0 radical (unpaired) electrons. The summed E-state index contributed by atoms with van der Waals surface area (Å²) >= 11 is 7.42. The van der Waals surface area contributed by atoms with Gasteiger partial charge in [-0.25, -0.2) is 0 Å². The van der Waals surface area contributed by atoms with E-state index >= 15 is 0 Å². The van der Waals surface area contributed by atoms with Gasteiger partial charge in [0.15, 0.2) is 0 Å². The van der Waals surface area contributed by atoms with Gasteiger partial charge in [-0.2, -0.15) is 0 Å². The number of thiophene rings is 1. The van der Waals surface area contributed by atoms with Crippen LogP contribution in [0.25, 0.3) is 0 Å². The lowest BCUT2D eigenvalue weighted by Gasteiger charge is -2.30. The highest BCUT2D eigenvalue weighted by Gasteiger charge is 2.26. The van der Waals surface area contributed by atoms with Crippen molar-refractivity contribution >= 4 is 28.8 Å².